The van der Waals surface area contributed by atoms with Crippen LogP contribution in [0.5, 0.6) is 11.5 Å². The number of rotatable bonds is 17. The van der Waals surface area contributed by atoms with Crippen molar-refractivity contribution in [2.45, 2.75) is 115 Å². The number of aromatic hydroxyl groups is 1. The van der Waals surface area contributed by atoms with E-state index in [1.165, 1.54) is 68.7 Å². The van der Waals surface area contributed by atoms with Crippen LogP contribution in [0.2, 0.25) is 0 Å². The highest BCUT2D eigenvalue weighted by atomic mass is 16.5. The number of phenols is 1. The number of dihydropyridines is 1. The maximum atomic E-state index is 13.7. The fourth-order valence-corrected chi connectivity index (χ4v) is 13.5. The third-order valence-electron chi connectivity index (χ3n) is 16.5. The molecule has 6 aliphatic rings. The minimum absolute atomic E-state index is 0.0422. The van der Waals surface area contributed by atoms with Crippen molar-refractivity contribution in [1.82, 2.24) is 16.0 Å². The molecular formula is C57H72N4O4. The monoisotopic (exact) mass is 877 g/mol. The number of carbonyl (C=O) groups excluding carboxylic acids is 2. The number of nitrogens with two attached hydrogens (primary N) is 1. The number of benzene rings is 3. The van der Waals surface area contributed by atoms with Gasteiger partial charge in [0.05, 0.1) is 19.7 Å². The minimum Gasteiger partial charge on any atom is -0.504 e. The van der Waals surface area contributed by atoms with E-state index < -0.39 is 0 Å². The van der Waals surface area contributed by atoms with Crippen molar-refractivity contribution in [2.24, 2.45) is 46.7 Å². The summed E-state index contributed by atoms with van der Waals surface area (Å²) in [4.78, 5) is 27.3. The highest BCUT2D eigenvalue weighted by Gasteiger charge is 2.53. The lowest BCUT2D eigenvalue weighted by Gasteiger charge is -2.54. The van der Waals surface area contributed by atoms with Crippen LogP contribution >= 0.6 is 0 Å². The zero-order valence-electron chi connectivity index (χ0n) is 38.6. The van der Waals surface area contributed by atoms with Crippen LogP contribution in [-0.2, 0) is 35.3 Å². The van der Waals surface area contributed by atoms with E-state index >= 15 is 0 Å². The molecule has 8 heteroatoms. The Hall–Kier alpha value is -4.76. The molecule has 3 aromatic carbocycles. The molecule has 1 saturated heterocycles. The molecule has 9 rings (SSSR count). The Kier molecular flexibility index (Phi) is 14.5. The summed E-state index contributed by atoms with van der Waals surface area (Å²) in [7, 11) is 1.53. The third-order valence-corrected chi connectivity index (χ3v) is 16.5. The molecule has 8 nitrogen and oxygen atoms in total. The number of allylic oxidation sites excluding steroid dienone is 3. The molecule has 0 spiro atoms. The van der Waals surface area contributed by atoms with Crippen molar-refractivity contribution < 1.29 is 19.4 Å². The van der Waals surface area contributed by atoms with Crippen LogP contribution in [0.4, 0.5) is 0 Å². The fraction of sp³-hybridized carbons (Fsp3) is 0.509. The number of fused-ring (bicyclic) bond motifs is 3. The average Bonchev–Trinajstić information content (AvgIpc) is 3.74. The molecule has 3 aromatic rings. The number of piperidine rings is 1. The quantitative estimate of drug-likeness (QED) is 0.0517. The highest BCUT2D eigenvalue weighted by molar-refractivity contribution is 6.06. The summed E-state index contributed by atoms with van der Waals surface area (Å²) < 4.78 is 5.51. The second kappa shape index (κ2) is 20.8. The van der Waals surface area contributed by atoms with Gasteiger partial charge in [0.25, 0.3) is 0 Å². The molecule has 344 valence electrons. The van der Waals surface area contributed by atoms with E-state index in [9.17, 15) is 14.7 Å². The van der Waals surface area contributed by atoms with Crippen molar-refractivity contribution in [2.75, 3.05) is 26.7 Å². The molecule has 0 radical (unpaired) electrons. The Morgan fingerprint density at radius 2 is 1.75 bits per heavy atom. The van der Waals surface area contributed by atoms with Gasteiger partial charge in [0, 0.05) is 25.2 Å². The molecule has 0 bridgehead atoms. The first kappa shape index (κ1) is 45.4. The topological polar surface area (TPSA) is 126 Å². The average molecular weight is 877 g/mol. The minimum atomic E-state index is -0.290. The van der Waals surface area contributed by atoms with Gasteiger partial charge in [-0.1, -0.05) is 79.2 Å². The lowest BCUT2D eigenvalue weighted by Crippen LogP contribution is -2.57. The van der Waals surface area contributed by atoms with Crippen LogP contribution in [0.25, 0.3) is 6.08 Å². The van der Waals surface area contributed by atoms with Gasteiger partial charge in [-0.3, -0.25) is 9.59 Å². The van der Waals surface area contributed by atoms with Crippen LogP contribution < -0.4 is 26.4 Å². The molecule has 3 heterocycles. The summed E-state index contributed by atoms with van der Waals surface area (Å²) in [6, 6.07) is 23.6. The standard InChI is InChI=1S/C57H72N4O4/c1-65-54-31-42(45(30-53(54)64)29-46-37-61-55(58)32-43(46)18-16-40-11-5-10-39(26-40)15-14-38-8-3-2-4-9-38)19-21-49(62)33-50(63)27-41-17-20-48-13-6-23-57(48,34-41)35-52-51-22-25-59-36-47(51)28-44-12-7-24-60-56(44)52/h2-5,7-12,19,21,26,30-32,37,41,44,47-48,51-52,55-56,59-61,64H,6,13-18,20,22-25,27-29,33-36,58H2,1H3/b21-19+/t41-,44+,47+,48+,51-,52-,55?,56-,57-/m1/s1. The second-order valence-corrected chi connectivity index (χ2v) is 20.6. The lowest BCUT2D eigenvalue weighted by atomic mass is 9.54. The van der Waals surface area contributed by atoms with E-state index in [0.717, 1.165) is 98.2 Å². The van der Waals surface area contributed by atoms with Crippen LogP contribution in [0.15, 0.2) is 108 Å². The Bertz CT molecular complexity index is 2280. The third kappa shape index (κ3) is 10.9. The van der Waals surface area contributed by atoms with Crippen LogP contribution in [0.1, 0.15) is 105 Å². The van der Waals surface area contributed by atoms with Gasteiger partial charge in [-0.2, -0.15) is 0 Å². The van der Waals surface area contributed by atoms with Crippen molar-refractivity contribution >= 4 is 17.6 Å². The number of aryl methyl sites for hydroxylation is 3. The largest absolute Gasteiger partial charge is 0.504 e. The van der Waals surface area contributed by atoms with Crippen LogP contribution in [0, 0.1) is 40.9 Å². The first-order valence-electron chi connectivity index (χ1n) is 25.0. The summed E-state index contributed by atoms with van der Waals surface area (Å²) >= 11 is 0. The number of phenolic OH excluding ortho intramolecular Hbond substituents is 1. The fourth-order valence-electron chi connectivity index (χ4n) is 13.5. The Morgan fingerprint density at radius 1 is 0.938 bits per heavy atom. The number of ketones is 2. The van der Waals surface area contributed by atoms with E-state index in [-0.39, 0.29) is 29.9 Å². The number of hydrogen-bond donors (Lipinski definition) is 5. The van der Waals surface area contributed by atoms with Gasteiger partial charge in [0.15, 0.2) is 17.3 Å². The number of Topliss-reactive ketones (excluding diaryl/α,β-unsaturated/α-hetero) is 1. The summed E-state index contributed by atoms with van der Waals surface area (Å²) in [5.41, 5.74) is 14.5. The van der Waals surface area contributed by atoms with E-state index in [0.29, 0.717) is 47.8 Å². The van der Waals surface area contributed by atoms with E-state index in [2.05, 4.69) is 88.8 Å². The molecule has 1 unspecified atom stereocenters. The molecule has 65 heavy (non-hydrogen) atoms. The van der Waals surface area contributed by atoms with Gasteiger partial charge < -0.3 is 31.5 Å². The van der Waals surface area contributed by atoms with Crippen LogP contribution in [0.3, 0.4) is 0 Å². The van der Waals surface area contributed by atoms with Crippen molar-refractivity contribution in [3.8, 4) is 11.5 Å². The summed E-state index contributed by atoms with van der Waals surface area (Å²) in [6.45, 7) is 3.28. The van der Waals surface area contributed by atoms with Crippen molar-refractivity contribution in [1.29, 1.82) is 0 Å². The van der Waals surface area contributed by atoms with E-state index in [4.69, 9.17) is 10.5 Å². The molecule has 3 aliphatic carbocycles. The van der Waals surface area contributed by atoms with Crippen molar-refractivity contribution in [3.63, 3.8) is 0 Å². The highest BCUT2D eigenvalue weighted by Crippen LogP contribution is 2.60. The molecule has 3 saturated carbocycles. The number of nitrogens with one attached hydrogen (secondary N) is 3. The Labute approximate surface area is 387 Å². The number of hydrogen-bond acceptors (Lipinski definition) is 8. The molecule has 0 aromatic heterocycles. The van der Waals surface area contributed by atoms with Gasteiger partial charge in [0.2, 0.25) is 0 Å². The summed E-state index contributed by atoms with van der Waals surface area (Å²) in [5.74, 6) is 4.24. The molecule has 6 N–H and O–H groups in total. The lowest BCUT2D eigenvalue weighted by molar-refractivity contribution is -0.126. The van der Waals surface area contributed by atoms with E-state index in [1.54, 1.807) is 24.3 Å². The Morgan fingerprint density at radius 3 is 2.60 bits per heavy atom. The van der Waals surface area contributed by atoms with Gasteiger partial charge in [-0.25, -0.2) is 0 Å². The van der Waals surface area contributed by atoms with Gasteiger partial charge >= 0.3 is 0 Å². The molecule has 3 aliphatic heterocycles. The van der Waals surface area contributed by atoms with Crippen molar-refractivity contribution in [3.05, 3.63) is 136 Å². The number of carbonyl (C=O) groups is 2. The van der Waals surface area contributed by atoms with Gasteiger partial charge in [-0.05, 0) is 201 Å². The molecule has 4 fully saturated rings. The van der Waals surface area contributed by atoms with E-state index in [1.807, 2.05) is 6.20 Å². The smallest absolute Gasteiger partial charge is 0.163 e. The zero-order valence-corrected chi connectivity index (χ0v) is 38.6. The first-order valence-corrected chi connectivity index (χ1v) is 25.0. The van der Waals surface area contributed by atoms with Gasteiger partial charge in [0.1, 0.15) is 5.78 Å². The SMILES string of the molecule is COc1cc(/C=C/C(=O)CC(=O)C[C@H]2CC[C@@H]3CCC[C@]3(C[C@@H]3[C@@H]4CCNC[C@@H]4C[C@@H]4C=CCN[C@@H]34)C2)c(CC2=CNC(N)C=C2CCc2cccc(CCc3ccccc3)c2)cc1O. The second-order valence-electron chi connectivity index (χ2n) is 20.6. The summed E-state index contributed by atoms with van der Waals surface area (Å²) in [6.07, 6.45) is 27.9. The van der Waals surface area contributed by atoms with Crippen LogP contribution in [-0.4, -0.2) is 55.6 Å². The molecule has 0 amide bonds. The normalized spacial score (nSPS) is 29.5. The predicted molar refractivity (Wildman–Crippen MR) is 261 cm³/mol. The number of ether oxygens (including phenoxy) is 1. The molecule has 9 atom stereocenters. The Balaban J connectivity index is 0.828. The first-order chi connectivity index (χ1) is 31.7. The summed E-state index contributed by atoms with van der Waals surface area (Å²) in [5, 5.41) is 21.9. The maximum absolute atomic E-state index is 13.7. The van der Waals surface area contributed by atoms with Gasteiger partial charge in [-0.15, -0.1) is 0 Å². The molecular weight excluding hydrogens is 805 g/mol. The number of methoxy groups -OCH3 is 1. The maximum Gasteiger partial charge on any atom is 0.163 e. The zero-order chi connectivity index (χ0) is 44.8. The predicted octanol–water partition coefficient (Wildman–Crippen LogP) is 9.36.